The maximum atomic E-state index is 12.9. The Hall–Kier alpha value is -4.52. The zero-order valence-corrected chi connectivity index (χ0v) is 16.9. The van der Waals surface area contributed by atoms with Crippen LogP contribution in [0.2, 0.25) is 0 Å². The van der Waals surface area contributed by atoms with Crippen LogP contribution in [-0.4, -0.2) is 57.2 Å². The van der Waals surface area contributed by atoms with Crippen LogP contribution >= 0.6 is 0 Å². The number of nitrogens with one attached hydrogen (secondary N) is 3. The van der Waals surface area contributed by atoms with Gasteiger partial charge in [-0.05, 0) is 35.9 Å². The third-order valence-electron chi connectivity index (χ3n) is 5.53. The third kappa shape index (κ3) is 3.07. The molecule has 5 rings (SSSR count). The number of methoxy groups -OCH3 is 1. The van der Waals surface area contributed by atoms with Crippen molar-refractivity contribution >= 4 is 28.7 Å². The lowest BCUT2D eigenvalue weighted by atomic mass is 9.99. The van der Waals surface area contributed by atoms with Gasteiger partial charge >= 0.3 is 6.03 Å². The van der Waals surface area contributed by atoms with Crippen molar-refractivity contribution in [2.24, 2.45) is 0 Å². The summed E-state index contributed by atoms with van der Waals surface area (Å²) in [6.07, 6.45) is 0. The van der Waals surface area contributed by atoms with Crippen LogP contribution in [-0.2, 0) is 11.3 Å². The molecule has 0 bridgehead atoms. The summed E-state index contributed by atoms with van der Waals surface area (Å²) in [5.74, 6) is 5.28. The summed E-state index contributed by atoms with van der Waals surface area (Å²) < 4.78 is 5.19. The number of nitrogens with zero attached hydrogens (tertiary/aromatic N) is 2. The molecule has 0 unspecified atom stereocenters. The molecule has 1 fully saturated rings. The summed E-state index contributed by atoms with van der Waals surface area (Å²) in [5.41, 5.74) is 0.789. The van der Waals surface area contributed by atoms with Gasteiger partial charge < -0.3 is 20.1 Å². The van der Waals surface area contributed by atoms with Gasteiger partial charge in [-0.2, -0.15) is 0 Å². The fraction of sp³-hybridized carbons (Fsp3) is 0.182. The lowest BCUT2D eigenvalue weighted by Gasteiger charge is -2.26. The molecule has 2 aliphatic heterocycles. The molecule has 4 N–H and O–H groups in total. The van der Waals surface area contributed by atoms with Gasteiger partial charge in [0.05, 0.1) is 24.6 Å². The van der Waals surface area contributed by atoms with E-state index in [0.717, 1.165) is 5.56 Å². The van der Waals surface area contributed by atoms with Crippen molar-refractivity contribution in [3.8, 4) is 23.5 Å². The molecule has 3 heterocycles. The molecule has 0 aliphatic carbocycles. The van der Waals surface area contributed by atoms with Crippen LogP contribution < -0.4 is 15.4 Å². The van der Waals surface area contributed by atoms with Gasteiger partial charge in [0.25, 0.3) is 11.8 Å². The number of aromatic amines is 1. The predicted octanol–water partition coefficient (Wildman–Crippen LogP) is 0.863. The van der Waals surface area contributed by atoms with Crippen molar-refractivity contribution in [1.29, 1.82) is 0 Å². The van der Waals surface area contributed by atoms with Crippen molar-refractivity contribution in [2.75, 3.05) is 13.7 Å². The first-order valence-corrected chi connectivity index (χ1v) is 9.68. The van der Waals surface area contributed by atoms with Crippen LogP contribution in [0.3, 0.4) is 0 Å². The number of hydrogen-bond donors (Lipinski definition) is 4. The number of aromatic hydroxyl groups is 1. The molecule has 4 amide bonds. The first-order valence-electron chi connectivity index (χ1n) is 9.68. The molecule has 1 saturated heterocycles. The second-order valence-corrected chi connectivity index (χ2v) is 7.56. The highest BCUT2D eigenvalue weighted by atomic mass is 16.5. The highest BCUT2D eigenvalue weighted by molar-refractivity contribution is 6.10. The maximum Gasteiger partial charge on any atom is 0.323 e. The van der Waals surface area contributed by atoms with Gasteiger partial charge in [0.1, 0.15) is 5.75 Å². The average Bonchev–Trinajstić information content (AvgIpc) is 3.40. The van der Waals surface area contributed by atoms with E-state index in [-0.39, 0.29) is 24.9 Å². The van der Waals surface area contributed by atoms with E-state index in [2.05, 4.69) is 32.7 Å². The maximum absolute atomic E-state index is 12.9. The van der Waals surface area contributed by atoms with Crippen LogP contribution in [0.1, 0.15) is 21.5 Å². The number of carbonyl (C=O) groups excluding carboxylic acids is 3. The smallest absolute Gasteiger partial charge is 0.323 e. The molecule has 0 saturated carbocycles. The zero-order chi connectivity index (χ0) is 22.5. The van der Waals surface area contributed by atoms with Gasteiger partial charge in [0.15, 0.2) is 0 Å². The van der Waals surface area contributed by atoms with Gasteiger partial charge in [-0.25, -0.2) is 4.79 Å². The Bertz CT molecular complexity index is 1370. The zero-order valence-electron chi connectivity index (χ0n) is 16.9. The quantitative estimate of drug-likeness (QED) is 0.359. The van der Waals surface area contributed by atoms with Crippen LogP contribution in [0.4, 0.5) is 4.79 Å². The molecule has 2 aromatic carbocycles. The van der Waals surface area contributed by atoms with Crippen LogP contribution in [0.15, 0.2) is 36.4 Å². The summed E-state index contributed by atoms with van der Waals surface area (Å²) in [4.78, 5) is 39.1. The molecular formula is C22H17N5O5. The first-order chi connectivity index (χ1) is 15.4. The number of urea groups is 1. The van der Waals surface area contributed by atoms with E-state index in [4.69, 9.17) is 4.74 Å². The van der Waals surface area contributed by atoms with E-state index >= 15 is 0 Å². The van der Waals surface area contributed by atoms with Crippen molar-refractivity contribution in [1.82, 2.24) is 25.7 Å². The van der Waals surface area contributed by atoms with Gasteiger partial charge in [-0.1, -0.05) is 17.9 Å². The van der Waals surface area contributed by atoms with Crippen molar-refractivity contribution < 1.29 is 24.2 Å². The fourth-order valence-electron chi connectivity index (χ4n) is 3.87. The molecule has 160 valence electrons. The molecule has 0 spiro atoms. The Morgan fingerprint density at radius 1 is 1.22 bits per heavy atom. The van der Waals surface area contributed by atoms with E-state index in [0.29, 0.717) is 27.8 Å². The number of fused-ring (bicyclic) bond motifs is 2. The molecule has 0 radical (unpaired) electrons. The standard InChI is InChI=1S/C22H17N5O5/c1-32-14-4-3-13-10-27(19(29)16(13)9-14)11-22(20(30)23-21(31)24-22)7-6-12-2-5-15-17(8-12)25-26-18(15)28/h2-5,8-9H,10-11H2,1H3,(H2,25,26,28)(H2,23,24,30,31)/t22-/m1/s1. The van der Waals surface area contributed by atoms with Gasteiger partial charge in [0, 0.05) is 17.7 Å². The minimum Gasteiger partial charge on any atom is -0.497 e. The number of benzene rings is 2. The molecule has 3 aromatic rings. The highest BCUT2D eigenvalue weighted by Gasteiger charge is 2.48. The normalized spacial score (nSPS) is 19.4. The Morgan fingerprint density at radius 3 is 2.81 bits per heavy atom. The van der Waals surface area contributed by atoms with E-state index in [1.54, 1.807) is 36.4 Å². The molecule has 32 heavy (non-hydrogen) atoms. The number of ether oxygens (including phenoxy) is 1. The summed E-state index contributed by atoms with van der Waals surface area (Å²) in [6.45, 7) is 0.157. The first kappa shape index (κ1) is 19.4. The minimum absolute atomic E-state index is 0.123. The number of rotatable bonds is 3. The number of imide groups is 1. The SMILES string of the molecule is COc1ccc2c(c1)C(=O)N(C[C@@]1(C#Cc3ccc4c(O)n[nH]c4c3)NC(=O)NC1=O)C2. The molecule has 1 atom stereocenters. The summed E-state index contributed by atoms with van der Waals surface area (Å²) >= 11 is 0. The Labute approximate surface area is 181 Å². The Kier molecular flexibility index (Phi) is 4.27. The van der Waals surface area contributed by atoms with Crippen LogP contribution in [0, 0.1) is 11.8 Å². The van der Waals surface area contributed by atoms with E-state index in [1.165, 1.54) is 12.0 Å². The second-order valence-electron chi connectivity index (χ2n) is 7.56. The lowest BCUT2D eigenvalue weighted by Crippen LogP contribution is -2.54. The predicted molar refractivity (Wildman–Crippen MR) is 112 cm³/mol. The monoisotopic (exact) mass is 431 g/mol. The molecule has 10 heteroatoms. The van der Waals surface area contributed by atoms with E-state index < -0.39 is 17.5 Å². The number of aromatic nitrogens is 2. The molecule has 2 aliphatic rings. The summed E-state index contributed by atoms with van der Waals surface area (Å²) in [6, 6.07) is 9.51. The second kappa shape index (κ2) is 7.02. The highest BCUT2D eigenvalue weighted by Crippen LogP contribution is 2.28. The van der Waals surface area contributed by atoms with Crippen molar-refractivity contribution in [2.45, 2.75) is 12.1 Å². The van der Waals surface area contributed by atoms with Gasteiger partial charge in [-0.15, -0.1) is 5.10 Å². The van der Waals surface area contributed by atoms with Crippen LogP contribution in [0.5, 0.6) is 11.6 Å². The average molecular weight is 431 g/mol. The van der Waals surface area contributed by atoms with Crippen molar-refractivity contribution in [3.63, 3.8) is 0 Å². The molecule has 1 aromatic heterocycles. The van der Waals surface area contributed by atoms with Crippen LogP contribution in [0.25, 0.3) is 10.9 Å². The number of hydrogen-bond acceptors (Lipinski definition) is 6. The van der Waals surface area contributed by atoms with Gasteiger partial charge in [0.2, 0.25) is 11.4 Å². The van der Waals surface area contributed by atoms with E-state index in [9.17, 15) is 19.5 Å². The van der Waals surface area contributed by atoms with Gasteiger partial charge in [-0.3, -0.25) is 20.0 Å². The summed E-state index contributed by atoms with van der Waals surface area (Å²) in [7, 11) is 1.52. The molecular weight excluding hydrogens is 414 g/mol. The van der Waals surface area contributed by atoms with Crippen molar-refractivity contribution in [3.05, 3.63) is 53.1 Å². The third-order valence-corrected chi connectivity index (χ3v) is 5.53. The largest absolute Gasteiger partial charge is 0.497 e. The number of amides is 4. The van der Waals surface area contributed by atoms with E-state index in [1.807, 2.05) is 0 Å². The number of H-pyrrole nitrogens is 1. The lowest BCUT2D eigenvalue weighted by molar-refractivity contribution is -0.122. The topological polar surface area (TPSA) is 137 Å². The number of carbonyl (C=O) groups is 3. The summed E-state index contributed by atoms with van der Waals surface area (Å²) in [5, 5.41) is 21.4. The fourth-order valence-corrected chi connectivity index (χ4v) is 3.87. The Balaban J connectivity index is 1.47. The minimum atomic E-state index is -1.61. The Morgan fingerprint density at radius 2 is 2.06 bits per heavy atom. The molecule has 10 nitrogen and oxygen atoms in total.